The van der Waals surface area contributed by atoms with E-state index in [-0.39, 0.29) is 10.6 Å². The third kappa shape index (κ3) is 5.16. The van der Waals surface area contributed by atoms with Crippen molar-refractivity contribution in [2.45, 2.75) is 38.6 Å². The van der Waals surface area contributed by atoms with Gasteiger partial charge < -0.3 is 9.47 Å². The molecule has 0 radical (unpaired) electrons. The smallest absolute Gasteiger partial charge is 0.271 e. The van der Waals surface area contributed by atoms with Crippen molar-refractivity contribution < 1.29 is 4.92 Å². The summed E-state index contributed by atoms with van der Waals surface area (Å²) in [4.78, 5) is 19.2. The largest absolute Gasteiger partial charge is 0.326 e. The molecule has 0 aliphatic rings. The van der Waals surface area contributed by atoms with Crippen molar-refractivity contribution >= 4 is 28.5 Å². The highest BCUT2D eigenvalue weighted by Gasteiger charge is 2.15. The molecule has 3 aromatic rings. The van der Waals surface area contributed by atoms with E-state index in [0.717, 1.165) is 43.3 Å². The average Bonchev–Trinajstić information content (AvgIpc) is 3.06. The van der Waals surface area contributed by atoms with Gasteiger partial charge in [0.15, 0.2) is 0 Å². The number of fused-ring (bicyclic) bond motifs is 1. The molecule has 0 amide bonds. The Labute approximate surface area is 176 Å². The molecule has 0 spiro atoms. The highest BCUT2D eigenvalue weighted by Crippen LogP contribution is 2.24. The van der Waals surface area contributed by atoms with Crippen molar-refractivity contribution in [2.24, 2.45) is 0 Å². The lowest BCUT2D eigenvalue weighted by Crippen LogP contribution is -2.27. The van der Waals surface area contributed by atoms with Gasteiger partial charge in [-0.1, -0.05) is 32.9 Å². The number of nitro groups is 1. The van der Waals surface area contributed by atoms with Crippen LogP contribution in [0.1, 0.15) is 32.2 Å². The molecule has 0 aliphatic carbocycles. The number of nitro benzene ring substituents is 1. The highest BCUT2D eigenvalue weighted by molar-refractivity contribution is 7.99. The zero-order chi connectivity index (χ0) is 20.8. The summed E-state index contributed by atoms with van der Waals surface area (Å²) in [6, 6.07) is 13.6. The summed E-state index contributed by atoms with van der Waals surface area (Å²) in [5.41, 5.74) is 2.92. The summed E-state index contributed by atoms with van der Waals surface area (Å²) in [7, 11) is 0. The molecule has 0 fully saturated rings. The summed E-state index contributed by atoms with van der Waals surface area (Å²) < 4.78 is 2.21. The van der Waals surface area contributed by atoms with E-state index in [1.165, 1.54) is 10.5 Å². The molecule has 0 unspecified atom stereocenters. The Balaban J connectivity index is 1.94. The van der Waals surface area contributed by atoms with Crippen molar-refractivity contribution in [3.8, 4) is 0 Å². The Kier molecular flexibility index (Phi) is 7.28. The van der Waals surface area contributed by atoms with E-state index in [4.69, 9.17) is 4.98 Å². The minimum absolute atomic E-state index is 0.0818. The van der Waals surface area contributed by atoms with Crippen LogP contribution >= 0.6 is 11.8 Å². The predicted molar refractivity (Wildman–Crippen MR) is 120 cm³/mol. The van der Waals surface area contributed by atoms with E-state index in [9.17, 15) is 10.1 Å². The Morgan fingerprint density at radius 3 is 2.45 bits per heavy atom. The van der Waals surface area contributed by atoms with Gasteiger partial charge in [0.05, 0.1) is 16.0 Å². The van der Waals surface area contributed by atoms with Crippen molar-refractivity contribution in [1.29, 1.82) is 0 Å². The maximum absolute atomic E-state index is 11.2. The molecule has 2 aromatic carbocycles. The standard InChI is InChI=1S/C22H28N4O2S/c1-4-24(5-2)13-14-25-21-12-9-18(26(27)28)16-20(21)23-22(25)15-17-7-10-19(11-8-17)29-6-3/h7-12,16H,4-6,13-15H2,1-3H3. The van der Waals surface area contributed by atoms with Crippen LogP contribution in [0.15, 0.2) is 47.4 Å². The third-order valence-corrected chi connectivity index (χ3v) is 6.05. The highest BCUT2D eigenvalue weighted by atomic mass is 32.2. The van der Waals surface area contributed by atoms with Crippen LogP contribution in [-0.4, -0.2) is 44.8 Å². The molecule has 6 nitrogen and oxygen atoms in total. The minimum atomic E-state index is -0.363. The summed E-state index contributed by atoms with van der Waals surface area (Å²) in [5, 5.41) is 11.2. The molecule has 1 heterocycles. The molecule has 3 rings (SSSR count). The lowest BCUT2D eigenvalue weighted by atomic mass is 10.1. The zero-order valence-electron chi connectivity index (χ0n) is 17.3. The first-order valence-electron chi connectivity index (χ1n) is 10.1. The normalized spacial score (nSPS) is 11.4. The van der Waals surface area contributed by atoms with Crippen LogP contribution in [0, 0.1) is 10.1 Å². The van der Waals surface area contributed by atoms with Crippen LogP contribution in [0.4, 0.5) is 5.69 Å². The SMILES string of the molecule is CCSc1ccc(Cc2nc3cc([N+](=O)[O-])ccc3n2CCN(CC)CC)cc1. The first kappa shape index (κ1) is 21.3. The fraction of sp³-hybridized carbons (Fsp3) is 0.409. The average molecular weight is 413 g/mol. The Hall–Kier alpha value is -2.38. The quantitative estimate of drug-likeness (QED) is 0.267. The number of benzene rings is 2. The maximum Gasteiger partial charge on any atom is 0.271 e. The number of hydrogen-bond donors (Lipinski definition) is 0. The molecule has 0 saturated heterocycles. The molecule has 7 heteroatoms. The molecule has 0 atom stereocenters. The zero-order valence-corrected chi connectivity index (χ0v) is 18.1. The van der Waals surface area contributed by atoms with E-state index in [1.54, 1.807) is 12.1 Å². The van der Waals surface area contributed by atoms with E-state index in [1.807, 2.05) is 17.8 Å². The van der Waals surface area contributed by atoms with Gasteiger partial charge in [-0.25, -0.2) is 4.98 Å². The van der Waals surface area contributed by atoms with Crippen LogP contribution in [0.3, 0.4) is 0 Å². The number of nitrogens with zero attached hydrogens (tertiary/aromatic N) is 4. The summed E-state index contributed by atoms with van der Waals surface area (Å²) in [6.45, 7) is 10.2. The van der Waals surface area contributed by atoms with E-state index in [0.29, 0.717) is 11.9 Å². The van der Waals surface area contributed by atoms with Crippen LogP contribution in [0.2, 0.25) is 0 Å². The second kappa shape index (κ2) is 9.89. The molecule has 0 aliphatic heterocycles. The molecule has 29 heavy (non-hydrogen) atoms. The van der Waals surface area contributed by atoms with E-state index in [2.05, 4.69) is 54.5 Å². The molecule has 0 saturated carbocycles. The fourth-order valence-electron chi connectivity index (χ4n) is 3.50. The molecule has 0 bridgehead atoms. The number of aromatic nitrogens is 2. The minimum Gasteiger partial charge on any atom is -0.326 e. The van der Waals surface area contributed by atoms with Crippen molar-refractivity contribution in [2.75, 3.05) is 25.4 Å². The fourth-order valence-corrected chi connectivity index (χ4v) is 4.16. The maximum atomic E-state index is 11.2. The molecule has 154 valence electrons. The third-order valence-electron chi connectivity index (χ3n) is 5.15. The van der Waals surface area contributed by atoms with Gasteiger partial charge in [0.2, 0.25) is 0 Å². The number of hydrogen-bond acceptors (Lipinski definition) is 5. The monoisotopic (exact) mass is 412 g/mol. The Bertz CT molecular complexity index is 965. The molecular formula is C22H28N4O2S. The topological polar surface area (TPSA) is 64.2 Å². The van der Waals surface area contributed by atoms with E-state index < -0.39 is 0 Å². The van der Waals surface area contributed by atoms with Crippen LogP contribution < -0.4 is 0 Å². The van der Waals surface area contributed by atoms with Gasteiger partial charge in [0.1, 0.15) is 5.82 Å². The predicted octanol–water partition coefficient (Wildman–Crippen LogP) is 4.99. The Morgan fingerprint density at radius 1 is 1.10 bits per heavy atom. The van der Waals surface area contributed by atoms with Crippen molar-refractivity contribution in [3.05, 3.63) is 64.0 Å². The van der Waals surface area contributed by atoms with Gasteiger partial charge in [-0.15, -0.1) is 11.8 Å². The molecule has 1 aromatic heterocycles. The van der Waals surface area contributed by atoms with E-state index >= 15 is 0 Å². The first-order valence-corrected chi connectivity index (χ1v) is 11.1. The van der Waals surface area contributed by atoms with Gasteiger partial charge in [-0.3, -0.25) is 10.1 Å². The lowest BCUT2D eigenvalue weighted by Gasteiger charge is -2.19. The van der Waals surface area contributed by atoms with Crippen LogP contribution in [-0.2, 0) is 13.0 Å². The van der Waals surface area contributed by atoms with Crippen LogP contribution in [0.5, 0.6) is 0 Å². The van der Waals surface area contributed by atoms with Crippen molar-refractivity contribution in [1.82, 2.24) is 14.5 Å². The van der Waals surface area contributed by atoms with Gasteiger partial charge >= 0.3 is 0 Å². The number of thioether (sulfide) groups is 1. The van der Waals surface area contributed by atoms with Crippen LogP contribution in [0.25, 0.3) is 11.0 Å². The summed E-state index contributed by atoms with van der Waals surface area (Å²) in [6.07, 6.45) is 0.706. The first-order chi connectivity index (χ1) is 14.0. The lowest BCUT2D eigenvalue weighted by molar-refractivity contribution is -0.384. The van der Waals surface area contributed by atoms with Gasteiger partial charge in [0, 0.05) is 36.5 Å². The Morgan fingerprint density at radius 2 is 1.83 bits per heavy atom. The van der Waals surface area contributed by atoms with Gasteiger partial charge in [-0.05, 0) is 42.6 Å². The van der Waals surface area contributed by atoms with Gasteiger partial charge in [0.25, 0.3) is 5.69 Å². The van der Waals surface area contributed by atoms with Crippen molar-refractivity contribution in [3.63, 3.8) is 0 Å². The summed E-state index contributed by atoms with van der Waals surface area (Å²) in [5.74, 6) is 2.00. The number of imidazole rings is 1. The number of likely N-dealkylation sites (N-methyl/N-ethyl adjacent to an activating group) is 1. The summed E-state index contributed by atoms with van der Waals surface area (Å²) >= 11 is 1.83. The molecule has 0 N–H and O–H groups in total. The number of non-ortho nitro benzene ring substituents is 1. The molecular weight excluding hydrogens is 384 g/mol. The van der Waals surface area contributed by atoms with Gasteiger partial charge in [-0.2, -0.15) is 0 Å². The second-order valence-corrected chi connectivity index (χ2v) is 8.23. The second-order valence-electron chi connectivity index (χ2n) is 6.89. The number of rotatable bonds is 10.